The lowest BCUT2D eigenvalue weighted by Gasteiger charge is -2.32. The molecule has 1 aliphatic rings. The molecule has 0 amide bonds. The molecular weight excluding hydrogens is 396 g/mol. The van der Waals surface area contributed by atoms with E-state index in [0.29, 0.717) is 0 Å². The first-order chi connectivity index (χ1) is 15.8. The maximum absolute atomic E-state index is 4.98. The standard InChI is InChI=1S/C26H26N6/c1-2-10-23(11-3-1)29-25-15-24(21-8-5-13-28-17-21)30-26(31-25)22-9-6-14-32(19-22)18-20-7-4-12-27-16-20/h1-5,7-8,10-13,15-17,22H,6,9,14,18-19H2,(H,29,30,31)/t22-/m1/s1. The molecule has 0 saturated carbocycles. The average Bonchev–Trinajstić information content (AvgIpc) is 2.86. The van der Waals surface area contributed by atoms with Crippen molar-refractivity contribution in [3.05, 3.63) is 96.8 Å². The van der Waals surface area contributed by atoms with E-state index in [1.807, 2.05) is 73.2 Å². The lowest BCUT2D eigenvalue weighted by Crippen LogP contribution is -2.34. The predicted octanol–water partition coefficient (Wildman–Crippen LogP) is 5.06. The first-order valence-electron chi connectivity index (χ1n) is 11.1. The van der Waals surface area contributed by atoms with Gasteiger partial charge < -0.3 is 5.32 Å². The van der Waals surface area contributed by atoms with Gasteiger partial charge in [-0.3, -0.25) is 14.9 Å². The van der Waals surface area contributed by atoms with Crippen LogP contribution >= 0.6 is 0 Å². The van der Waals surface area contributed by atoms with Crippen LogP contribution in [-0.4, -0.2) is 37.9 Å². The highest BCUT2D eigenvalue weighted by Gasteiger charge is 2.24. The van der Waals surface area contributed by atoms with Gasteiger partial charge in [0.15, 0.2) is 0 Å². The number of anilines is 2. The largest absolute Gasteiger partial charge is 0.340 e. The van der Waals surface area contributed by atoms with E-state index in [1.165, 1.54) is 5.56 Å². The van der Waals surface area contributed by atoms with E-state index < -0.39 is 0 Å². The fourth-order valence-corrected chi connectivity index (χ4v) is 4.20. The van der Waals surface area contributed by atoms with Gasteiger partial charge in [0, 0.05) is 61.1 Å². The van der Waals surface area contributed by atoms with Gasteiger partial charge in [0.05, 0.1) is 5.69 Å². The van der Waals surface area contributed by atoms with Crippen LogP contribution in [0.1, 0.15) is 30.1 Å². The van der Waals surface area contributed by atoms with Gasteiger partial charge in [-0.2, -0.15) is 0 Å². The van der Waals surface area contributed by atoms with Crippen LogP contribution in [0.25, 0.3) is 11.3 Å². The second-order valence-corrected chi connectivity index (χ2v) is 8.16. The molecule has 160 valence electrons. The van der Waals surface area contributed by atoms with Crippen molar-refractivity contribution in [3.63, 3.8) is 0 Å². The first-order valence-corrected chi connectivity index (χ1v) is 11.1. The maximum Gasteiger partial charge on any atom is 0.135 e. The number of pyridine rings is 2. The van der Waals surface area contributed by atoms with Gasteiger partial charge in [0.1, 0.15) is 11.6 Å². The highest BCUT2D eigenvalue weighted by Crippen LogP contribution is 2.29. The molecule has 3 aromatic heterocycles. The number of benzene rings is 1. The molecule has 1 aliphatic heterocycles. The number of hydrogen-bond donors (Lipinski definition) is 1. The van der Waals surface area contributed by atoms with Gasteiger partial charge in [-0.15, -0.1) is 0 Å². The Morgan fingerprint density at radius 3 is 2.53 bits per heavy atom. The van der Waals surface area contributed by atoms with Crippen LogP contribution < -0.4 is 5.32 Å². The van der Waals surface area contributed by atoms with Crippen molar-refractivity contribution in [1.29, 1.82) is 0 Å². The summed E-state index contributed by atoms with van der Waals surface area (Å²) in [5.41, 5.74) is 4.14. The molecule has 0 radical (unpaired) electrons. The number of rotatable bonds is 6. The highest BCUT2D eigenvalue weighted by atomic mass is 15.1. The fraction of sp³-hybridized carbons (Fsp3) is 0.231. The molecule has 0 bridgehead atoms. The first kappa shape index (κ1) is 20.3. The third-order valence-electron chi connectivity index (χ3n) is 5.75. The van der Waals surface area contributed by atoms with Crippen LogP contribution in [0.4, 0.5) is 11.5 Å². The van der Waals surface area contributed by atoms with Crippen LogP contribution in [0.2, 0.25) is 0 Å². The Kier molecular flexibility index (Phi) is 6.12. The molecular formula is C26H26N6. The number of para-hydroxylation sites is 1. The topological polar surface area (TPSA) is 66.8 Å². The minimum atomic E-state index is 0.286. The summed E-state index contributed by atoms with van der Waals surface area (Å²) < 4.78 is 0. The second-order valence-electron chi connectivity index (χ2n) is 8.16. The summed E-state index contributed by atoms with van der Waals surface area (Å²) >= 11 is 0. The van der Waals surface area contributed by atoms with Crippen molar-refractivity contribution in [2.45, 2.75) is 25.3 Å². The molecule has 6 heteroatoms. The lowest BCUT2D eigenvalue weighted by molar-refractivity contribution is 0.196. The second kappa shape index (κ2) is 9.66. The van der Waals surface area contributed by atoms with Crippen molar-refractivity contribution in [3.8, 4) is 11.3 Å². The molecule has 1 aromatic carbocycles. The number of hydrogen-bond acceptors (Lipinski definition) is 6. The van der Waals surface area contributed by atoms with Crippen molar-refractivity contribution >= 4 is 11.5 Å². The Morgan fingerprint density at radius 1 is 0.906 bits per heavy atom. The number of piperidine rings is 1. The van der Waals surface area contributed by atoms with Crippen LogP contribution in [-0.2, 0) is 6.54 Å². The van der Waals surface area contributed by atoms with Crippen LogP contribution in [0.5, 0.6) is 0 Å². The molecule has 0 aliphatic carbocycles. The number of aromatic nitrogens is 4. The van der Waals surface area contributed by atoms with Gasteiger partial charge in [0.25, 0.3) is 0 Å². The number of likely N-dealkylation sites (tertiary alicyclic amines) is 1. The number of nitrogens with zero attached hydrogens (tertiary/aromatic N) is 5. The highest BCUT2D eigenvalue weighted by molar-refractivity contribution is 5.65. The minimum Gasteiger partial charge on any atom is -0.340 e. The molecule has 1 atom stereocenters. The third-order valence-corrected chi connectivity index (χ3v) is 5.75. The van der Waals surface area contributed by atoms with Gasteiger partial charge in [-0.1, -0.05) is 24.3 Å². The lowest BCUT2D eigenvalue weighted by atomic mass is 9.96. The van der Waals surface area contributed by atoms with E-state index in [4.69, 9.17) is 9.97 Å². The maximum atomic E-state index is 4.98. The van der Waals surface area contributed by atoms with E-state index in [9.17, 15) is 0 Å². The van der Waals surface area contributed by atoms with Crippen molar-refractivity contribution < 1.29 is 0 Å². The molecule has 6 nitrogen and oxygen atoms in total. The van der Waals surface area contributed by atoms with Gasteiger partial charge in [0.2, 0.25) is 0 Å². The minimum absolute atomic E-state index is 0.286. The summed E-state index contributed by atoms with van der Waals surface area (Å²) in [7, 11) is 0. The Hall–Kier alpha value is -3.64. The van der Waals surface area contributed by atoms with Crippen molar-refractivity contribution in [1.82, 2.24) is 24.8 Å². The zero-order valence-corrected chi connectivity index (χ0v) is 17.9. The van der Waals surface area contributed by atoms with E-state index in [-0.39, 0.29) is 5.92 Å². The molecule has 0 spiro atoms. The molecule has 5 rings (SSSR count). The zero-order chi connectivity index (χ0) is 21.6. The van der Waals surface area contributed by atoms with E-state index >= 15 is 0 Å². The number of nitrogens with one attached hydrogen (secondary N) is 1. The molecule has 4 heterocycles. The van der Waals surface area contributed by atoms with Crippen LogP contribution in [0.15, 0.2) is 85.5 Å². The van der Waals surface area contributed by atoms with Gasteiger partial charge >= 0.3 is 0 Å². The quantitative estimate of drug-likeness (QED) is 0.469. The van der Waals surface area contributed by atoms with E-state index in [1.54, 1.807) is 6.20 Å². The molecule has 1 saturated heterocycles. The van der Waals surface area contributed by atoms with Crippen LogP contribution in [0, 0.1) is 0 Å². The fourth-order valence-electron chi connectivity index (χ4n) is 4.20. The van der Waals surface area contributed by atoms with Gasteiger partial charge in [-0.25, -0.2) is 9.97 Å². The monoisotopic (exact) mass is 422 g/mol. The van der Waals surface area contributed by atoms with Crippen LogP contribution in [0.3, 0.4) is 0 Å². The summed E-state index contributed by atoms with van der Waals surface area (Å²) in [6.45, 7) is 2.93. The summed E-state index contributed by atoms with van der Waals surface area (Å²) in [5.74, 6) is 1.98. The Morgan fingerprint density at radius 2 is 1.75 bits per heavy atom. The average molecular weight is 423 g/mol. The normalized spacial score (nSPS) is 16.6. The predicted molar refractivity (Wildman–Crippen MR) is 126 cm³/mol. The Bertz CT molecular complexity index is 1130. The Labute approximate surface area is 188 Å². The molecule has 1 N–H and O–H groups in total. The van der Waals surface area contributed by atoms with E-state index in [0.717, 1.165) is 61.1 Å². The van der Waals surface area contributed by atoms with E-state index in [2.05, 4.69) is 26.3 Å². The Balaban J connectivity index is 1.43. The molecule has 0 unspecified atom stereocenters. The van der Waals surface area contributed by atoms with Crippen molar-refractivity contribution in [2.75, 3.05) is 18.4 Å². The summed E-state index contributed by atoms with van der Waals surface area (Å²) in [4.78, 5) is 20.9. The molecule has 4 aromatic rings. The summed E-state index contributed by atoms with van der Waals surface area (Å²) in [6, 6.07) is 20.3. The van der Waals surface area contributed by atoms with Gasteiger partial charge in [-0.05, 0) is 55.3 Å². The zero-order valence-electron chi connectivity index (χ0n) is 17.9. The molecule has 1 fully saturated rings. The summed E-state index contributed by atoms with van der Waals surface area (Å²) in [5, 5.41) is 3.45. The van der Waals surface area contributed by atoms with Crippen molar-refractivity contribution in [2.24, 2.45) is 0 Å². The summed E-state index contributed by atoms with van der Waals surface area (Å²) in [6.07, 6.45) is 9.63. The molecule has 32 heavy (non-hydrogen) atoms. The SMILES string of the molecule is c1ccc(Nc2cc(-c3cccnc3)nc([C@@H]3CCCN(Cc4cccnc4)C3)n2)cc1. The third kappa shape index (κ3) is 4.98. The smallest absolute Gasteiger partial charge is 0.135 e.